The summed E-state index contributed by atoms with van der Waals surface area (Å²) in [5.74, 6) is 2.48. The molecule has 2 rings (SSSR count). The third-order valence-corrected chi connectivity index (χ3v) is 4.10. The predicted octanol–water partition coefficient (Wildman–Crippen LogP) is 1.76. The van der Waals surface area contributed by atoms with Gasteiger partial charge in [-0.3, -0.25) is 0 Å². The summed E-state index contributed by atoms with van der Waals surface area (Å²) in [6.07, 6.45) is 4.30. The number of hydrogen-bond donors (Lipinski definition) is 1. The molecule has 1 aromatic rings. The minimum Gasteiger partial charge on any atom is -0.310 e. The van der Waals surface area contributed by atoms with E-state index in [4.69, 9.17) is 0 Å². The van der Waals surface area contributed by atoms with Crippen molar-refractivity contribution in [3.05, 3.63) is 12.2 Å². The van der Waals surface area contributed by atoms with Crippen molar-refractivity contribution in [2.75, 3.05) is 26.2 Å². The molecular weight excluding hydrogens is 250 g/mol. The molecular formula is C15H29N5. The highest BCUT2D eigenvalue weighted by molar-refractivity contribution is 4.84. The topological polar surface area (TPSA) is 46.0 Å². The lowest BCUT2D eigenvalue weighted by atomic mass is 9.97. The maximum Gasteiger partial charge on any atom is 0.140 e. The van der Waals surface area contributed by atoms with Gasteiger partial charge in [-0.15, -0.1) is 0 Å². The highest BCUT2D eigenvalue weighted by Crippen LogP contribution is 2.15. The first-order valence-electron chi connectivity index (χ1n) is 7.98. The Morgan fingerprint density at radius 3 is 2.75 bits per heavy atom. The molecule has 1 aliphatic rings. The molecule has 20 heavy (non-hydrogen) atoms. The average molecular weight is 279 g/mol. The van der Waals surface area contributed by atoms with E-state index >= 15 is 0 Å². The van der Waals surface area contributed by atoms with E-state index in [0.29, 0.717) is 5.92 Å². The Bertz CT molecular complexity index is 379. The maximum atomic E-state index is 4.36. The third-order valence-electron chi connectivity index (χ3n) is 4.10. The molecule has 0 atom stereocenters. The molecule has 1 fully saturated rings. The van der Waals surface area contributed by atoms with E-state index in [-0.39, 0.29) is 0 Å². The van der Waals surface area contributed by atoms with Crippen molar-refractivity contribution >= 4 is 0 Å². The SMILES string of the molecule is CCN1CCC(CNCc2ncnn2CC(C)C)CC1. The number of piperidine rings is 1. The lowest BCUT2D eigenvalue weighted by Gasteiger charge is -2.31. The van der Waals surface area contributed by atoms with Crippen LogP contribution < -0.4 is 5.32 Å². The van der Waals surface area contributed by atoms with E-state index in [1.54, 1.807) is 6.33 Å². The van der Waals surface area contributed by atoms with Gasteiger partial charge in [0.05, 0.1) is 6.54 Å². The average Bonchev–Trinajstić information content (AvgIpc) is 2.86. The van der Waals surface area contributed by atoms with Gasteiger partial charge in [0, 0.05) is 6.54 Å². The van der Waals surface area contributed by atoms with Gasteiger partial charge < -0.3 is 10.2 Å². The monoisotopic (exact) mass is 279 g/mol. The van der Waals surface area contributed by atoms with Crippen LogP contribution in [0.2, 0.25) is 0 Å². The molecule has 5 nitrogen and oxygen atoms in total. The molecule has 1 N–H and O–H groups in total. The van der Waals surface area contributed by atoms with Gasteiger partial charge in [0.2, 0.25) is 0 Å². The summed E-state index contributed by atoms with van der Waals surface area (Å²) >= 11 is 0. The lowest BCUT2D eigenvalue weighted by Crippen LogP contribution is -2.37. The molecule has 0 radical (unpaired) electrons. The van der Waals surface area contributed by atoms with Crippen molar-refractivity contribution < 1.29 is 0 Å². The Labute approximate surface area is 122 Å². The largest absolute Gasteiger partial charge is 0.310 e. The smallest absolute Gasteiger partial charge is 0.140 e. The zero-order valence-corrected chi connectivity index (χ0v) is 13.2. The number of nitrogens with zero attached hydrogens (tertiary/aromatic N) is 4. The Kier molecular flexibility index (Phi) is 5.98. The molecule has 1 saturated heterocycles. The van der Waals surface area contributed by atoms with Crippen molar-refractivity contribution in [1.29, 1.82) is 0 Å². The van der Waals surface area contributed by atoms with E-state index in [9.17, 15) is 0 Å². The van der Waals surface area contributed by atoms with Gasteiger partial charge in [0.15, 0.2) is 0 Å². The van der Waals surface area contributed by atoms with E-state index in [1.165, 1.54) is 32.5 Å². The number of rotatable bonds is 7. The molecule has 0 spiro atoms. The molecule has 0 amide bonds. The highest BCUT2D eigenvalue weighted by Gasteiger charge is 2.17. The van der Waals surface area contributed by atoms with Gasteiger partial charge in [-0.25, -0.2) is 9.67 Å². The number of nitrogens with one attached hydrogen (secondary N) is 1. The van der Waals surface area contributed by atoms with Crippen LogP contribution in [0.15, 0.2) is 6.33 Å². The Morgan fingerprint density at radius 2 is 2.10 bits per heavy atom. The van der Waals surface area contributed by atoms with Gasteiger partial charge in [-0.1, -0.05) is 20.8 Å². The fourth-order valence-corrected chi connectivity index (χ4v) is 2.82. The van der Waals surface area contributed by atoms with Crippen molar-refractivity contribution in [1.82, 2.24) is 25.0 Å². The van der Waals surface area contributed by atoms with Crippen molar-refractivity contribution in [3.8, 4) is 0 Å². The molecule has 5 heteroatoms. The van der Waals surface area contributed by atoms with Crippen molar-refractivity contribution in [3.63, 3.8) is 0 Å². The zero-order valence-electron chi connectivity index (χ0n) is 13.2. The standard InChI is InChI=1S/C15H29N5/c1-4-19-7-5-14(6-8-19)9-16-10-15-17-12-18-20(15)11-13(2)3/h12-14,16H,4-11H2,1-3H3. The molecule has 1 aromatic heterocycles. The van der Waals surface area contributed by atoms with E-state index in [2.05, 4.69) is 41.1 Å². The summed E-state index contributed by atoms with van der Waals surface area (Å²) in [6.45, 7) is 13.3. The van der Waals surface area contributed by atoms with Gasteiger partial charge in [-0.05, 0) is 50.9 Å². The van der Waals surface area contributed by atoms with Crippen LogP contribution in [0.1, 0.15) is 39.4 Å². The molecule has 114 valence electrons. The molecule has 1 aliphatic heterocycles. The summed E-state index contributed by atoms with van der Waals surface area (Å²) < 4.78 is 2.03. The molecule has 0 bridgehead atoms. The predicted molar refractivity (Wildman–Crippen MR) is 81.4 cm³/mol. The lowest BCUT2D eigenvalue weighted by molar-refractivity contribution is 0.189. The third kappa shape index (κ3) is 4.56. The van der Waals surface area contributed by atoms with Crippen molar-refractivity contribution in [2.45, 2.75) is 46.7 Å². The molecule has 0 aromatic carbocycles. The van der Waals surface area contributed by atoms with Crippen LogP contribution in [-0.2, 0) is 13.1 Å². The summed E-state index contributed by atoms with van der Waals surface area (Å²) in [5, 5.41) is 7.86. The van der Waals surface area contributed by atoms with Gasteiger partial charge in [0.25, 0.3) is 0 Å². The van der Waals surface area contributed by atoms with Crippen LogP contribution in [0.3, 0.4) is 0 Å². The first-order chi connectivity index (χ1) is 9.69. The van der Waals surface area contributed by atoms with Crippen molar-refractivity contribution in [2.24, 2.45) is 11.8 Å². The minimum atomic E-state index is 0.605. The summed E-state index contributed by atoms with van der Waals surface area (Å²) in [5.41, 5.74) is 0. The quantitative estimate of drug-likeness (QED) is 0.826. The van der Waals surface area contributed by atoms with E-state index in [1.807, 2.05) is 4.68 Å². The van der Waals surface area contributed by atoms with E-state index in [0.717, 1.165) is 31.4 Å². The number of likely N-dealkylation sites (tertiary alicyclic amines) is 1. The summed E-state index contributed by atoms with van der Waals surface area (Å²) in [7, 11) is 0. The fourth-order valence-electron chi connectivity index (χ4n) is 2.82. The Balaban J connectivity index is 1.70. The van der Waals surface area contributed by atoms with Crippen LogP contribution in [-0.4, -0.2) is 45.8 Å². The molecule has 0 unspecified atom stereocenters. The first kappa shape index (κ1) is 15.4. The van der Waals surface area contributed by atoms with Crippen LogP contribution in [0, 0.1) is 11.8 Å². The summed E-state index contributed by atoms with van der Waals surface area (Å²) in [4.78, 5) is 6.90. The second-order valence-electron chi connectivity index (χ2n) is 6.26. The molecule has 2 heterocycles. The van der Waals surface area contributed by atoms with Gasteiger partial charge >= 0.3 is 0 Å². The van der Waals surface area contributed by atoms with Gasteiger partial charge in [0.1, 0.15) is 12.2 Å². The highest BCUT2D eigenvalue weighted by atomic mass is 15.3. The molecule has 0 saturated carbocycles. The molecule has 0 aliphatic carbocycles. The number of hydrogen-bond acceptors (Lipinski definition) is 4. The Hall–Kier alpha value is -0.940. The number of aromatic nitrogens is 3. The maximum absolute atomic E-state index is 4.36. The van der Waals surface area contributed by atoms with E-state index < -0.39 is 0 Å². The second-order valence-corrected chi connectivity index (χ2v) is 6.26. The second kappa shape index (κ2) is 7.74. The fraction of sp³-hybridized carbons (Fsp3) is 0.867. The van der Waals surface area contributed by atoms with Crippen LogP contribution in [0.4, 0.5) is 0 Å². The normalized spacial score (nSPS) is 18.0. The van der Waals surface area contributed by atoms with Crippen LogP contribution >= 0.6 is 0 Å². The minimum absolute atomic E-state index is 0.605. The van der Waals surface area contributed by atoms with Crippen LogP contribution in [0.5, 0.6) is 0 Å². The Morgan fingerprint density at radius 1 is 1.35 bits per heavy atom. The summed E-state index contributed by atoms with van der Waals surface area (Å²) in [6, 6.07) is 0. The van der Waals surface area contributed by atoms with Crippen LogP contribution in [0.25, 0.3) is 0 Å². The van der Waals surface area contributed by atoms with Gasteiger partial charge in [-0.2, -0.15) is 5.10 Å². The zero-order chi connectivity index (χ0) is 14.4. The first-order valence-corrected chi connectivity index (χ1v) is 7.98.